The van der Waals surface area contributed by atoms with Crippen LogP contribution < -0.4 is 0 Å². The number of hydrogen-bond donors (Lipinski definition) is 0. The largest absolute Gasteiger partial charge is 0.297 e. The first kappa shape index (κ1) is 14.8. The zero-order valence-electron chi connectivity index (χ0n) is 14.2. The minimum absolute atomic E-state index is 0.494. The molecule has 23 heavy (non-hydrogen) atoms. The summed E-state index contributed by atoms with van der Waals surface area (Å²) in [6.45, 7) is 6.81. The van der Waals surface area contributed by atoms with Crippen LogP contribution in [0.25, 0.3) is 11.3 Å². The third kappa shape index (κ3) is 2.78. The molecule has 1 saturated heterocycles. The van der Waals surface area contributed by atoms with Gasteiger partial charge in [0.2, 0.25) is 0 Å². The maximum Gasteiger partial charge on any atom is 0.126 e. The number of fused-ring (bicyclic) bond motifs is 1. The molecule has 1 atom stereocenters. The van der Waals surface area contributed by atoms with Crippen molar-refractivity contribution < 1.29 is 0 Å². The molecule has 0 spiro atoms. The number of likely N-dealkylation sites (tertiary alicyclic amines) is 1. The molecule has 120 valence electrons. The van der Waals surface area contributed by atoms with Crippen molar-refractivity contribution in [2.75, 3.05) is 13.1 Å². The molecule has 1 aromatic heterocycles. The standard InChI is InChI=1S/C20H25N3/c1-14(23-11-3-4-12-23)16-7-5-8-17(13-16)20-18-9-6-10-19(18)21-15(2)22-20/h5,7-8,13-14H,3-4,6,9-12H2,1-2H3/t14-/m1/s1. The van der Waals surface area contributed by atoms with Gasteiger partial charge in [-0.15, -0.1) is 0 Å². The minimum atomic E-state index is 0.494. The van der Waals surface area contributed by atoms with E-state index < -0.39 is 0 Å². The molecule has 0 unspecified atom stereocenters. The summed E-state index contributed by atoms with van der Waals surface area (Å²) >= 11 is 0. The Morgan fingerprint density at radius 1 is 1.04 bits per heavy atom. The Kier molecular flexibility index (Phi) is 3.90. The fourth-order valence-electron chi connectivity index (χ4n) is 4.08. The Morgan fingerprint density at radius 2 is 1.87 bits per heavy atom. The molecule has 0 amide bonds. The number of rotatable bonds is 3. The fourth-order valence-corrected chi connectivity index (χ4v) is 4.08. The third-order valence-electron chi connectivity index (χ3n) is 5.38. The van der Waals surface area contributed by atoms with Gasteiger partial charge < -0.3 is 0 Å². The number of hydrogen-bond acceptors (Lipinski definition) is 3. The summed E-state index contributed by atoms with van der Waals surface area (Å²) in [6.07, 6.45) is 6.11. The first-order valence-corrected chi connectivity index (χ1v) is 8.93. The van der Waals surface area contributed by atoms with Gasteiger partial charge in [-0.3, -0.25) is 4.90 Å². The van der Waals surface area contributed by atoms with E-state index in [4.69, 9.17) is 4.98 Å². The number of aryl methyl sites for hydroxylation is 2. The zero-order valence-corrected chi connectivity index (χ0v) is 14.2. The Morgan fingerprint density at radius 3 is 2.70 bits per heavy atom. The molecule has 4 rings (SSSR count). The van der Waals surface area contributed by atoms with Crippen molar-refractivity contribution in [1.29, 1.82) is 0 Å². The van der Waals surface area contributed by atoms with Crippen LogP contribution in [0, 0.1) is 6.92 Å². The number of nitrogens with zero attached hydrogens (tertiary/aromatic N) is 3. The maximum atomic E-state index is 4.79. The van der Waals surface area contributed by atoms with Gasteiger partial charge >= 0.3 is 0 Å². The maximum absolute atomic E-state index is 4.79. The highest BCUT2D eigenvalue weighted by molar-refractivity contribution is 5.65. The molecule has 2 aliphatic rings. The van der Waals surface area contributed by atoms with Crippen LogP contribution in [-0.4, -0.2) is 28.0 Å². The van der Waals surface area contributed by atoms with Crippen molar-refractivity contribution >= 4 is 0 Å². The Labute approximate surface area is 138 Å². The summed E-state index contributed by atoms with van der Waals surface area (Å²) in [4.78, 5) is 12.0. The monoisotopic (exact) mass is 307 g/mol. The highest BCUT2D eigenvalue weighted by atomic mass is 15.2. The topological polar surface area (TPSA) is 29.0 Å². The van der Waals surface area contributed by atoms with E-state index >= 15 is 0 Å². The highest BCUT2D eigenvalue weighted by Crippen LogP contribution is 2.32. The number of aromatic nitrogens is 2. The molecular weight excluding hydrogens is 282 g/mol. The lowest BCUT2D eigenvalue weighted by atomic mass is 9.99. The van der Waals surface area contributed by atoms with E-state index in [1.165, 1.54) is 60.4 Å². The van der Waals surface area contributed by atoms with E-state index in [1.807, 2.05) is 6.92 Å². The second-order valence-electron chi connectivity index (χ2n) is 6.94. The fraction of sp³-hybridized carbons (Fsp3) is 0.500. The van der Waals surface area contributed by atoms with Gasteiger partial charge in [-0.2, -0.15) is 0 Å². The lowest BCUT2D eigenvalue weighted by Gasteiger charge is -2.24. The van der Waals surface area contributed by atoms with Crippen LogP contribution in [0.4, 0.5) is 0 Å². The normalized spacial score (nSPS) is 19.0. The molecule has 3 heteroatoms. The van der Waals surface area contributed by atoms with Crippen molar-refractivity contribution in [1.82, 2.24) is 14.9 Å². The molecule has 2 aromatic rings. The van der Waals surface area contributed by atoms with Crippen LogP contribution in [0.2, 0.25) is 0 Å². The zero-order chi connectivity index (χ0) is 15.8. The first-order valence-electron chi connectivity index (χ1n) is 8.93. The smallest absolute Gasteiger partial charge is 0.126 e. The molecule has 1 aliphatic heterocycles. The summed E-state index contributed by atoms with van der Waals surface area (Å²) in [6, 6.07) is 9.51. The van der Waals surface area contributed by atoms with Crippen LogP contribution in [0.1, 0.15) is 54.9 Å². The van der Waals surface area contributed by atoms with Crippen molar-refractivity contribution in [2.24, 2.45) is 0 Å². The molecule has 1 aliphatic carbocycles. The second-order valence-corrected chi connectivity index (χ2v) is 6.94. The molecule has 3 nitrogen and oxygen atoms in total. The summed E-state index contributed by atoms with van der Waals surface area (Å²) in [5, 5.41) is 0. The summed E-state index contributed by atoms with van der Waals surface area (Å²) in [7, 11) is 0. The van der Waals surface area contributed by atoms with Gasteiger partial charge in [0.05, 0.1) is 5.69 Å². The summed E-state index contributed by atoms with van der Waals surface area (Å²) in [5.41, 5.74) is 6.48. The molecule has 2 heterocycles. The molecule has 0 saturated carbocycles. The van der Waals surface area contributed by atoms with Crippen LogP contribution >= 0.6 is 0 Å². The van der Waals surface area contributed by atoms with E-state index in [-0.39, 0.29) is 0 Å². The average molecular weight is 307 g/mol. The summed E-state index contributed by atoms with van der Waals surface area (Å²) in [5.74, 6) is 0.902. The predicted molar refractivity (Wildman–Crippen MR) is 93.5 cm³/mol. The molecule has 1 fully saturated rings. The highest BCUT2D eigenvalue weighted by Gasteiger charge is 2.22. The van der Waals surface area contributed by atoms with Crippen LogP contribution in [0.15, 0.2) is 24.3 Å². The molecule has 0 radical (unpaired) electrons. The van der Waals surface area contributed by atoms with Crippen molar-refractivity contribution in [2.45, 2.75) is 52.0 Å². The Balaban J connectivity index is 1.72. The molecule has 1 aromatic carbocycles. The SMILES string of the molecule is Cc1nc2c(c(-c3cccc([C@@H](C)N4CCCC4)c3)n1)CCC2. The van der Waals surface area contributed by atoms with Crippen LogP contribution in [0.3, 0.4) is 0 Å². The van der Waals surface area contributed by atoms with Gasteiger partial charge in [0, 0.05) is 22.9 Å². The van der Waals surface area contributed by atoms with Gasteiger partial charge in [-0.05, 0) is 70.7 Å². The number of benzene rings is 1. The molecular formula is C20H25N3. The Bertz CT molecular complexity index is 717. The van der Waals surface area contributed by atoms with Crippen molar-refractivity contribution in [3.8, 4) is 11.3 Å². The molecule has 0 N–H and O–H groups in total. The van der Waals surface area contributed by atoms with Crippen molar-refractivity contribution in [3.63, 3.8) is 0 Å². The van der Waals surface area contributed by atoms with E-state index in [1.54, 1.807) is 0 Å². The minimum Gasteiger partial charge on any atom is -0.297 e. The van der Waals surface area contributed by atoms with E-state index in [0.29, 0.717) is 6.04 Å². The van der Waals surface area contributed by atoms with E-state index in [2.05, 4.69) is 41.1 Å². The Hall–Kier alpha value is -1.74. The van der Waals surface area contributed by atoms with Gasteiger partial charge in [0.25, 0.3) is 0 Å². The first-order chi connectivity index (χ1) is 11.2. The van der Waals surface area contributed by atoms with Gasteiger partial charge in [-0.1, -0.05) is 18.2 Å². The molecule has 0 bridgehead atoms. The van der Waals surface area contributed by atoms with Gasteiger partial charge in [0.15, 0.2) is 0 Å². The lowest BCUT2D eigenvalue weighted by molar-refractivity contribution is 0.263. The second kappa shape index (κ2) is 6.04. The quantitative estimate of drug-likeness (QED) is 0.855. The van der Waals surface area contributed by atoms with Crippen LogP contribution in [0.5, 0.6) is 0 Å². The van der Waals surface area contributed by atoms with Crippen LogP contribution in [-0.2, 0) is 12.8 Å². The van der Waals surface area contributed by atoms with Gasteiger partial charge in [-0.25, -0.2) is 9.97 Å². The van der Waals surface area contributed by atoms with Crippen molar-refractivity contribution in [3.05, 3.63) is 46.9 Å². The van der Waals surface area contributed by atoms with Gasteiger partial charge in [0.1, 0.15) is 5.82 Å². The van der Waals surface area contributed by atoms with E-state index in [0.717, 1.165) is 18.7 Å². The average Bonchev–Trinajstić information content (AvgIpc) is 3.24. The predicted octanol–water partition coefficient (Wildman–Crippen LogP) is 4.10. The lowest BCUT2D eigenvalue weighted by Crippen LogP contribution is -2.23. The third-order valence-corrected chi connectivity index (χ3v) is 5.38. The summed E-state index contributed by atoms with van der Waals surface area (Å²) < 4.78 is 0. The van der Waals surface area contributed by atoms with E-state index in [9.17, 15) is 0 Å².